The number of hydrogen-bond donors (Lipinski definition) is 2. The number of nitrogens with one attached hydrogen (secondary N) is 2. The largest absolute Gasteiger partial charge is 0.497 e. The molecule has 2 aromatic heterocycles. The van der Waals surface area contributed by atoms with Crippen molar-refractivity contribution in [2.75, 3.05) is 12.9 Å². The number of aromatic nitrogens is 3. The smallest absolute Gasteiger partial charge is 0.278 e. The molecule has 0 aliphatic carbocycles. The van der Waals surface area contributed by atoms with E-state index in [0.717, 1.165) is 28.0 Å². The van der Waals surface area contributed by atoms with E-state index in [1.807, 2.05) is 54.6 Å². The van der Waals surface area contributed by atoms with E-state index in [9.17, 15) is 14.0 Å². The third-order valence-electron chi connectivity index (χ3n) is 6.07. The summed E-state index contributed by atoms with van der Waals surface area (Å²) >= 11 is 1.20. The fourth-order valence-corrected chi connectivity index (χ4v) is 4.88. The first-order chi connectivity index (χ1) is 18.5. The van der Waals surface area contributed by atoms with Crippen LogP contribution in [0.2, 0.25) is 0 Å². The Morgan fingerprint density at radius 3 is 2.45 bits per heavy atom. The maximum absolute atomic E-state index is 13.6. The summed E-state index contributed by atoms with van der Waals surface area (Å²) in [5.74, 6) is 0.236. The number of nitrogens with zero attached hydrogens (tertiary/aromatic N) is 2. The van der Waals surface area contributed by atoms with Crippen LogP contribution in [0.5, 0.6) is 5.75 Å². The van der Waals surface area contributed by atoms with Gasteiger partial charge in [0.25, 0.3) is 5.56 Å². The number of halogens is 1. The lowest BCUT2D eigenvalue weighted by molar-refractivity contribution is -0.118. The van der Waals surface area contributed by atoms with Crippen molar-refractivity contribution < 1.29 is 13.9 Å². The average molecular weight is 529 g/mol. The standard InChI is InChI=1S/C29H25FN4O3S/c1-37-23-13-9-20(10-14-23)17-34-28(36)27-26(24(16-32-27)21-5-3-2-4-6-21)33-29(34)38-18-25(35)31-15-19-7-11-22(30)12-8-19/h2-14,16,32H,15,17-18H2,1H3,(H,31,35). The predicted molar refractivity (Wildman–Crippen MR) is 147 cm³/mol. The van der Waals surface area contributed by atoms with E-state index < -0.39 is 0 Å². The number of hydrogen-bond acceptors (Lipinski definition) is 5. The molecule has 9 heteroatoms. The van der Waals surface area contributed by atoms with Crippen LogP contribution in [0, 0.1) is 5.82 Å². The lowest BCUT2D eigenvalue weighted by Crippen LogP contribution is -2.27. The molecule has 192 valence electrons. The van der Waals surface area contributed by atoms with Crippen molar-refractivity contribution in [1.82, 2.24) is 19.9 Å². The van der Waals surface area contributed by atoms with Gasteiger partial charge in [-0.25, -0.2) is 9.37 Å². The zero-order valence-electron chi connectivity index (χ0n) is 20.6. The van der Waals surface area contributed by atoms with Gasteiger partial charge in [0.1, 0.15) is 22.6 Å². The Kier molecular flexibility index (Phi) is 7.55. The molecular weight excluding hydrogens is 503 g/mol. The highest BCUT2D eigenvalue weighted by molar-refractivity contribution is 7.99. The second-order valence-corrected chi connectivity index (χ2v) is 9.56. The van der Waals surface area contributed by atoms with Crippen LogP contribution in [-0.4, -0.2) is 33.3 Å². The Morgan fingerprint density at radius 2 is 1.74 bits per heavy atom. The highest BCUT2D eigenvalue weighted by Crippen LogP contribution is 2.28. The van der Waals surface area contributed by atoms with Crippen LogP contribution in [0.1, 0.15) is 11.1 Å². The zero-order valence-corrected chi connectivity index (χ0v) is 21.4. The van der Waals surface area contributed by atoms with Gasteiger partial charge in [-0.05, 0) is 41.0 Å². The van der Waals surface area contributed by atoms with Crippen LogP contribution >= 0.6 is 11.8 Å². The summed E-state index contributed by atoms with van der Waals surface area (Å²) in [5, 5.41) is 3.27. The molecule has 0 atom stereocenters. The Bertz CT molecular complexity index is 1610. The van der Waals surface area contributed by atoms with Gasteiger partial charge in [0.15, 0.2) is 5.16 Å². The van der Waals surface area contributed by atoms with E-state index in [4.69, 9.17) is 9.72 Å². The molecule has 0 bridgehead atoms. The van der Waals surface area contributed by atoms with Crippen LogP contribution in [0.15, 0.2) is 95.0 Å². The third-order valence-corrected chi connectivity index (χ3v) is 7.05. The van der Waals surface area contributed by atoms with Crippen LogP contribution < -0.4 is 15.6 Å². The molecule has 0 unspecified atom stereocenters. The molecule has 0 aliphatic rings. The van der Waals surface area contributed by atoms with E-state index in [0.29, 0.717) is 16.2 Å². The molecule has 0 aliphatic heterocycles. The molecule has 0 radical (unpaired) electrons. The molecule has 3 aromatic carbocycles. The van der Waals surface area contributed by atoms with Gasteiger partial charge < -0.3 is 15.0 Å². The number of carbonyl (C=O) groups is 1. The van der Waals surface area contributed by atoms with Gasteiger partial charge in [0.05, 0.1) is 19.4 Å². The Morgan fingerprint density at radius 1 is 1.03 bits per heavy atom. The highest BCUT2D eigenvalue weighted by Gasteiger charge is 2.18. The van der Waals surface area contributed by atoms with Crippen molar-refractivity contribution in [3.05, 3.63) is 112 Å². The third kappa shape index (κ3) is 5.63. The molecule has 2 heterocycles. The maximum Gasteiger partial charge on any atom is 0.278 e. The van der Waals surface area contributed by atoms with Crippen LogP contribution in [-0.2, 0) is 17.9 Å². The summed E-state index contributed by atoms with van der Waals surface area (Å²) in [4.78, 5) is 34.2. The maximum atomic E-state index is 13.6. The van der Waals surface area contributed by atoms with Gasteiger partial charge in [-0.3, -0.25) is 14.2 Å². The van der Waals surface area contributed by atoms with Gasteiger partial charge in [0, 0.05) is 18.3 Å². The molecule has 0 saturated carbocycles. The molecule has 38 heavy (non-hydrogen) atoms. The lowest BCUT2D eigenvalue weighted by Gasteiger charge is -2.13. The summed E-state index contributed by atoms with van der Waals surface area (Å²) in [6.07, 6.45) is 1.79. The van der Waals surface area contributed by atoms with Crippen molar-refractivity contribution in [2.24, 2.45) is 0 Å². The molecule has 0 fully saturated rings. The number of thioether (sulfide) groups is 1. The zero-order chi connectivity index (χ0) is 26.5. The summed E-state index contributed by atoms with van der Waals surface area (Å²) < 4.78 is 20.0. The summed E-state index contributed by atoms with van der Waals surface area (Å²) in [7, 11) is 1.60. The predicted octanol–water partition coefficient (Wildman–Crippen LogP) is 5.00. The first-order valence-corrected chi connectivity index (χ1v) is 12.9. The van der Waals surface area contributed by atoms with Crippen molar-refractivity contribution in [2.45, 2.75) is 18.2 Å². The number of rotatable bonds is 9. The number of benzene rings is 3. The molecule has 5 aromatic rings. The van der Waals surface area contributed by atoms with E-state index in [-0.39, 0.29) is 36.1 Å². The highest BCUT2D eigenvalue weighted by atomic mass is 32.2. The van der Waals surface area contributed by atoms with Gasteiger partial charge in [-0.2, -0.15) is 0 Å². The summed E-state index contributed by atoms with van der Waals surface area (Å²) in [5.41, 5.74) is 4.18. The number of H-pyrrole nitrogens is 1. The van der Waals surface area contributed by atoms with Gasteiger partial charge >= 0.3 is 0 Å². The average Bonchev–Trinajstić information content (AvgIpc) is 3.38. The lowest BCUT2D eigenvalue weighted by atomic mass is 10.1. The monoisotopic (exact) mass is 528 g/mol. The Labute approximate surface area is 222 Å². The first kappa shape index (κ1) is 25.3. The topological polar surface area (TPSA) is 89.0 Å². The molecular formula is C29H25FN4O3S. The summed E-state index contributed by atoms with van der Waals surface area (Å²) in [6, 6.07) is 23.1. The number of fused-ring (bicyclic) bond motifs is 1. The van der Waals surface area contributed by atoms with E-state index >= 15 is 0 Å². The van der Waals surface area contributed by atoms with Gasteiger partial charge in [-0.15, -0.1) is 0 Å². The quantitative estimate of drug-likeness (QED) is 0.208. The van der Waals surface area contributed by atoms with E-state index in [1.54, 1.807) is 30.0 Å². The van der Waals surface area contributed by atoms with Crippen molar-refractivity contribution >= 4 is 28.7 Å². The molecule has 0 spiro atoms. The van der Waals surface area contributed by atoms with Crippen LogP contribution in [0.25, 0.3) is 22.2 Å². The molecule has 5 rings (SSSR count). The second-order valence-electron chi connectivity index (χ2n) is 8.62. The SMILES string of the molecule is COc1ccc(Cn2c(SCC(=O)NCc3ccc(F)cc3)nc3c(-c4ccccc4)c[nH]c3c2=O)cc1. The van der Waals surface area contributed by atoms with E-state index in [1.165, 1.54) is 23.9 Å². The Balaban J connectivity index is 1.44. The van der Waals surface area contributed by atoms with Crippen molar-refractivity contribution in [1.29, 1.82) is 0 Å². The normalized spacial score (nSPS) is 11.0. The minimum atomic E-state index is -0.327. The minimum absolute atomic E-state index is 0.0623. The number of ether oxygens (including phenoxy) is 1. The van der Waals surface area contributed by atoms with E-state index in [2.05, 4.69) is 10.3 Å². The van der Waals surface area contributed by atoms with Crippen LogP contribution in [0.4, 0.5) is 4.39 Å². The second kappa shape index (κ2) is 11.4. The molecule has 2 N–H and O–H groups in total. The Hall–Kier alpha value is -4.37. The van der Waals surface area contributed by atoms with Crippen molar-refractivity contribution in [3.63, 3.8) is 0 Å². The van der Waals surface area contributed by atoms with Crippen molar-refractivity contribution in [3.8, 4) is 16.9 Å². The minimum Gasteiger partial charge on any atom is -0.497 e. The number of carbonyl (C=O) groups excluding carboxylic acids is 1. The number of amides is 1. The first-order valence-electron chi connectivity index (χ1n) is 12.0. The van der Waals surface area contributed by atoms with Crippen LogP contribution in [0.3, 0.4) is 0 Å². The molecule has 0 saturated heterocycles. The molecule has 7 nitrogen and oxygen atoms in total. The van der Waals surface area contributed by atoms with Gasteiger partial charge in [-0.1, -0.05) is 66.4 Å². The molecule has 1 amide bonds. The summed E-state index contributed by atoms with van der Waals surface area (Å²) in [6.45, 7) is 0.561. The fourth-order valence-electron chi connectivity index (χ4n) is 4.06. The number of methoxy groups -OCH3 is 1. The fraction of sp³-hybridized carbons (Fsp3) is 0.138. The number of aromatic amines is 1. The van der Waals surface area contributed by atoms with Gasteiger partial charge in [0.2, 0.25) is 5.91 Å².